The Morgan fingerprint density at radius 2 is 1.79 bits per heavy atom. The molecule has 1 atom stereocenters. The average Bonchev–Trinajstić information content (AvgIpc) is 2.68. The minimum atomic E-state index is -3.73. The summed E-state index contributed by atoms with van der Waals surface area (Å²) in [6.07, 6.45) is 2.05. The van der Waals surface area contributed by atoms with Crippen LogP contribution < -0.4 is 10.2 Å². The summed E-state index contributed by atoms with van der Waals surface area (Å²) in [4.78, 5) is 13.9. The fraction of sp³-hybridized carbons (Fsp3) is 0.632. The van der Waals surface area contributed by atoms with Crippen LogP contribution in [-0.2, 0) is 14.8 Å². The standard InChI is InChI=1S/C19H31N3O5S/c1-16-5-7-17(8-6-16)28(26,27)22-10-3-2-4-18(22)19(25)20-9-11-21(12-14-23)13-15-24/h5-8,18,23-24H,2-4,9-15H2,1H3,(H,20,25)/p+1/t18-/m1/s1. The lowest BCUT2D eigenvalue weighted by Crippen LogP contribution is -3.13. The number of hydrogen-bond acceptors (Lipinski definition) is 5. The van der Waals surface area contributed by atoms with Gasteiger partial charge in [0.1, 0.15) is 19.1 Å². The molecule has 158 valence electrons. The number of quaternary nitrogens is 1. The number of piperidine rings is 1. The van der Waals surface area contributed by atoms with Gasteiger partial charge in [0.25, 0.3) is 0 Å². The molecule has 0 unspecified atom stereocenters. The summed E-state index contributed by atoms with van der Waals surface area (Å²) in [5.74, 6) is -0.289. The monoisotopic (exact) mass is 414 g/mol. The first kappa shape index (κ1) is 22.8. The maximum Gasteiger partial charge on any atom is 0.243 e. The first-order chi connectivity index (χ1) is 13.4. The van der Waals surface area contributed by atoms with Gasteiger partial charge in [-0.3, -0.25) is 4.79 Å². The Kier molecular flexibility index (Phi) is 8.84. The van der Waals surface area contributed by atoms with E-state index >= 15 is 0 Å². The number of carbonyl (C=O) groups is 1. The molecule has 9 heteroatoms. The maximum absolute atomic E-state index is 13.1. The van der Waals surface area contributed by atoms with Gasteiger partial charge in [-0.25, -0.2) is 8.42 Å². The zero-order valence-corrected chi connectivity index (χ0v) is 17.2. The lowest BCUT2D eigenvalue weighted by molar-refractivity contribution is -0.899. The number of carbonyl (C=O) groups excluding carboxylic acids is 1. The van der Waals surface area contributed by atoms with Crippen LogP contribution in [0.1, 0.15) is 24.8 Å². The molecule has 0 spiro atoms. The van der Waals surface area contributed by atoms with Gasteiger partial charge in [0, 0.05) is 6.54 Å². The second-order valence-electron chi connectivity index (χ2n) is 7.18. The van der Waals surface area contributed by atoms with Gasteiger partial charge in [0.15, 0.2) is 0 Å². The lowest BCUT2D eigenvalue weighted by atomic mass is 10.0. The van der Waals surface area contributed by atoms with Crippen molar-refractivity contribution in [2.24, 2.45) is 0 Å². The molecule has 0 aliphatic carbocycles. The number of hydrogen-bond donors (Lipinski definition) is 4. The van der Waals surface area contributed by atoms with Crippen molar-refractivity contribution in [3.05, 3.63) is 29.8 Å². The highest BCUT2D eigenvalue weighted by atomic mass is 32.2. The van der Waals surface area contributed by atoms with Crippen molar-refractivity contribution >= 4 is 15.9 Å². The molecule has 1 aliphatic rings. The van der Waals surface area contributed by atoms with Crippen LogP contribution in [-0.4, -0.2) is 80.8 Å². The number of aliphatic hydroxyl groups is 2. The number of rotatable bonds is 10. The summed E-state index contributed by atoms with van der Waals surface area (Å²) in [5, 5.41) is 21.0. The van der Waals surface area contributed by atoms with Gasteiger partial charge in [-0.05, 0) is 31.9 Å². The molecular formula is C19H32N3O5S+. The molecule has 0 radical (unpaired) electrons. The minimum absolute atomic E-state index is 0.00841. The molecule has 1 fully saturated rings. The number of sulfonamides is 1. The SMILES string of the molecule is Cc1ccc(S(=O)(=O)N2CCCC[C@@H]2C(=O)NCC[NH+](CCO)CCO)cc1. The fourth-order valence-corrected chi connectivity index (χ4v) is 5.13. The van der Waals surface area contributed by atoms with Crippen LogP contribution in [0.15, 0.2) is 29.2 Å². The van der Waals surface area contributed by atoms with Gasteiger partial charge >= 0.3 is 0 Å². The first-order valence-corrected chi connectivity index (χ1v) is 11.3. The van der Waals surface area contributed by atoms with Gasteiger partial charge in [-0.1, -0.05) is 24.1 Å². The van der Waals surface area contributed by atoms with Crippen molar-refractivity contribution < 1.29 is 28.3 Å². The van der Waals surface area contributed by atoms with Crippen molar-refractivity contribution in [2.75, 3.05) is 45.9 Å². The molecule has 0 saturated carbocycles. The molecule has 0 aromatic heterocycles. The predicted octanol–water partition coefficient (Wildman–Crippen LogP) is -1.48. The summed E-state index contributed by atoms with van der Waals surface area (Å²) in [6.45, 7) is 4.16. The third kappa shape index (κ3) is 5.99. The Hall–Kier alpha value is -1.52. The van der Waals surface area contributed by atoms with E-state index in [0.29, 0.717) is 39.1 Å². The Morgan fingerprint density at radius 1 is 1.14 bits per heavy atom. The van der Waals surface area contributed by atoms with E-state index in [9.17, 15) is 13.2 Å². The Morgan fingerprint density at radius 3 is 2.39 bits per heavy atom. The fourth-order valence-electron chi connectivity index (χ4n) is 3.47. The Bertz CT molecular complexity index is 718. The maximum atomic E-state index is 13.1. The number of nitrogens with one attached hydrogen (secondary N) is 2. The Balaban J connectivity index is 2.03. The van der Waals surface area contributed by atoms with Crippen LogP contribution in [0.5, 0.6) is 0 Å². The molecule has 4 N–H and O–H groups in total. The first-order valence-electron chi connectivity index (χ1n) is 9.81. The summed E-state index contributed by atoms with van der Waals surface area (Å²) < 4.78 is 27.4. The number of amides is 1. The molecule has 1 saturated heterocycles. The van der Waals surface area contributed by atoms with E-state index in [0.717, 1.165) is 23.3 Å². The van der Waals surface area contributed by atoms with E-state index in [2.05, 4.69) is 5.32 Å². The third-order valence-corrected chi connectivity index (χ3v) is 7.01. The molecule has 8 nitrogen and oxygen atoms in total. The normalized spacial score (nSPS) is 18.4. The van der Waals surface area contributed by atoms with E-state index in [1.807, 2.05) is 6.92 Å². The van der Waals surface area contributed by atoms with E-state index < -0.39 is 16.1 Å². The molecule has 1 aromatic carbocycles. The van der Waals surface area contributed by atoms with Crippen molar-refractivity contribution in [1.29, 1.82) is 0 Å². The van der Waals surface area contributed by atoms with Crippen LogP contribution in [0, 0.1) is 6.92 Å². The largest absolute Gasteiger partial charge is 0.391 e. The molecule has 2 rings (SSSR count). The van der Waals surface area contributed by atoms with Crippen LogP contribution >= 0.6 is 0 Å². The van der Waals surface area contributed by atoms with E-state index in [1.165, 1.54) is 4.31 Å². The van der Waals surface area contributed by atoms with E-state index in [4.69, 9.17) is 10.2 Å². The topological polar surface area (TPSA) is 111 Å². The van der Waals surface area contributed by atoms with Crippen molar-refractivity contribution in [2.45, 2.75) is 37.1 Å². The number of aryl methyl sites for hydroxylation is 1. The van der Waals surface area contributed by atoms with Crippen LogP contribution in [0.4, 0.5) is 0 Å². The van der Waals surface area contributed by atoms with Gasteiger partial charge in [0.2, 0.25) is 15.9 Å². The Labute approximate surface area is 167 Å². The highest BCUT2D eigenvalue weighted by Gasteiger charge is 2.37. The highest BCUT2D eigenvalue weighted by molar-refractivity contribution is 7.89. The molecule has 1 heterocycles. The minimum Gasteiger partial charge on any atom is -0.391 e. The molecular weight excluding hydrogens is 382 g/mol. The highest BCUT2D eigenvalue weighted by Crippen LogP contribution is 2.25. The summed E-state index contributed by atoms with van der Waals surface area (Å²) in [7, 11) is -3.73. The van der Waals surface area contributed by atoms with Crippen LogP contribution in [0.25, 0.3) is 0 Å². The second kappa shape index (κ2) is 10.9. The van der Waals surface area contributed by atoms with Crippen molar-refractivity contribution in [3.8, 4) is 0 Å². The number of benzene rings is 1. The number of nitrogens with zero attached hydrogens (tertiary/aromatic N) is 1. The predicted molar refractivity (Wildman–Crippen MR) is 105 cm³/mol. The van der Waals surface area contributed by atoms with Gasteiger partial charge < -0.3 is 20.4 Å². The van der Waals surface area contributed by atoms with E-state index in [1.54, 1.807) is 24.3 Å². The third-order valence-electron chi connectivity index (χ3n) is 5.09. The summed E-state index contributed by atoms with van der Waals surface area (Å²) >= 11 is 0. The van der Waals surface area contributed by atoms with Crippen LogP contribution in [0.2, 0.25) is 0 Å². The molecule has 28 heavy (non-hydrogen) atoms. The van der Waals surface area contributed by atoms with Gasteiger partial charge in [-0.2, -0.15) is 4.31 Å². The molecule has 0 bridgehead atoms. The van der Waals surface area contributed by atoms with E-state index in [-0.39, 0.29) is 24.0 Å². The molecule has 1 aromatic rings. The molecule has 1 amide bonds. The summed E-state index contributed by atoms with van der Waals surface area (Å²) in [6, 6.07) is 5.97. The quantitative estimate of drug-likeness (QED) is 0.373. The van der Waals surface area contributed by atoms with Crippen LogP contribution in [0.3, 0.4) is 0 Å². The van der Waals surface area contributed by atoms with Gasteiger partial charge in [-0.15, -0.1) is 0 Å². The van der Waals surface area contributed by atoms with Gasteiger partial charge in [0.05, 0.1) is 31.2 Å². The molecule has 1 aliphatic heterocycles. The van der Waals surface area contributed by atoms with Crippen molar-refractivity contribution in [3.63, 3.8) is 0 Å². The zero-order chi connectivity index (χ0) is 20.6. The summed E-state index contributed by atoms with van der Waals surface area (Å²) in [5.41, 5.74) is 0.977. The average molecular weight is 415 g/mol. The zero-order valence-electron chi connectivity index (χ0n) is 16.4. The lowest BCUT2D eigenvalue weighted by Gasteiger charge is -2.33. The number of aliphatic hydroxyl groups excluding tert-OH is 2. The van der Waals surface area contributed by atoms with Crippen molar-refractivity contribution in [1.82, 2.24) is 9.62 Å². The second-order valence-corrected chi connectivity index (χ2v) is 9.07. The smallest absolute Gasteiger partial charge is 0.243 e.